The monoisotopic (exact) mass is 362 g/mol. The van der Waals surface area contributed by atoms with Crippen molar-refractivity contribution in [1.29, 1.82) is 0 Å². The number of thioether (sulfide) groups is 1. The molecule has 0 bridgehead atoms. The molecule has 0 saturated carbocycles. The fraction of sp³-hybridized carbons (Fsp3) is 0.167. The van der Waals surface area contributed by atoms with Crippen molar-refractivity contribution in [1.82, 2.24) is 5.32 Å². The molecule has 1 heterocycles. The van der Waals surface area contributed by atoms with Crippen LogP contribution < -0.4 is 14.8 Å². The van der Waals surface area contributed by atoms with Crippen LogP contribution in [0.25, 0.3) is 6.08 Å². The van der Waals surface area contributed by atoms with Crippen LogP contribution in [0.3, 0.4) is 0 Å². The summed E-state index contributed by atoms with van der Waals surface area (Å²) in [6.07, 6.45) is 1.23. The summed E-state index contributed by atoms with van der Waals surface area (Å²) in [6, 6.07) is 1.95. The quantitative estimate of drug-likeness (QED) is 0.373. The number of carbonyl (C=O) groups excluding carboxylic acids is 1. The lowest BCUT2D eigenvalue weighted by atomic mass is 10.1. The second-order valence-corrected chi connectivity index (χ2v) is 5.77. The molecule has 1 fully saturated rings. The highest BCUT2D eigenvalue weighted by Gasteiger charge is 2.26. The second-order valence-electron chi connectivity index (χ2n) is 4.05. The van der Waals surface area contributed by atoms with Gasteiger partial charge in [-0.05, 0) is 12.1 Å². The molecule has 1 aliphatic rings. The molecule has 0 aromatic heterocycles. The number of halogens is 2. The number of benzene rings is 1. The number of hydrogen-bond donors (Lipinski definition) is 1. The topological polar surface area (TPSA) is 90.7 Å². The van der Waals surface area contributed by atoms with Gasteiger partial charge in [-0.15, -0.1) is 0 Å². The summed E-state index contributed by atoms with van der Waals surface area (Å²) in [6.45, 7) is -3.17. The van der Waals surface area contributed by atoms with Crippen LogP contribution in [0.4, 0.5) is 14.5 Å². The molecule has 0 atom stereocenters. The normalized spacial score (nSPS) is 15.9. The van der Waals surface area contributed by atoms with Gasteiger partial charge in [-0.25, -0.2) is 0 Å². The first-order valence-corrected chi connectivity index (χ1v) is 7.10. The lowest BCUT2D eigenvalue weighted by molar-refractivity contribution is -0.385. The fourth-order valence-corrected chi connectivity index (χ4v) is 2.78. The first kappa shape index (κ1) is 17.1. The van der Waals surface area contributed by atoms with Crippen LogP contribution in [0.5, 0.6) is 11.5 Å². The Kier molecular flexibility index (Phi) is 5.11. The van der Waals surface area contributed by atoms with E-state index in [0.29, 0.717) is 0 Å². The largest absolute Gasteiger partial charge is 0.493 e. The van der Waals surface area contributed by atoms with Crippen molar-refractivity contribution in [2.45, 2.75) is 6.61 Å². The number of ether oxygens (including phenoxy) is 2. The van der Waals surface area contributed by atoms with Gasteiger partial charge in [-0.3, -0.25) is 14.9 Å². The van der Waals surface area contributed by atoms with Crippen molar-refractivity contribution in [2.75, 3.05) is 7.11 Å². The average Bonchev–Trinajstić information content (AvgIpc) is 2.77. The van der Waals surface area contributed by atoms with Crippen LogP contribution in [0.2, 0.25) is 0 Å². The maximum Gasteiger partial charge on any atom is 0.387 e. The number of nitro groups is 1. The molecule has 0 aliphatic carbocycles. The van der Waals surface area contributed by atoms with Crippen molar-refractivity contribution in [3.63, 3.8) is 0 Å². The van der Waals surface area contributed by atoms with E-state index in [0.717, 1.165) is 23.9 Å². The Bertz CT molecular complexity index is 724. The van der Waals surface area contributed by atoms with E-state index in [1.165, 1.54) is 13.2 Å². The Morgan fingerprint density at radius 1 is 1.43 bits per heavy atom. The summed E-state index contributed by atoms with van der Waals surface area (Å²) < 4.78 is 34.0. The van der Waals surface area contributed by atoms with Gasteiger partial charge in [0.2, 0.25) is 0 Å². The Balaban J connectivity index is 2.54. The molecule has 11 heteroatoms. The number of nitrogens with one attached hydrogen (secondary N) is 1. The molecule has 1 amide bonds. The Morgan fingerprint density at radius 3 is 2.61 bits per heavy atom. The molecule has 0 unspecified atom stereocenters. The molecule has 7 nitrogen and oxygen atoms in total. The summed E-state index contributed by atoms with van der Waals surface area (Å²) in [4.78, 5) is 22.1. The molecule has 1 aromatic rings. The molecule has 1 aliphatic heterocycles. The van der Waals surface area contributed by atoms with Gasteiger partial charge in [0, 0.05) is 0 Å². The van der Waals surface area contributed by atoms with Crippen molar-refractivity contribution < 1.29 is 28.0 Å². The van der Waals surface area contributed by atoms with Crippen LogP contribution in [-0.4, -0.2) is 28.9 Å². The van der Waals surface area contributed by atoms with Gasteiger partial charge >= 0.3 is 6.61 Å². The Morgan fingerprint density at radius 2 is 2.13 bits per heavy atom. The maximum absolute atomic E-state index is 12.4. The van der Waals surface area contributed by atoms with Gasteiger partial charge in [-0.1, -0.05) is 24.0 Å². The van der Waals surface area contributed by atoms with E-state index < -0.39 is 28.9 Å². The van der Waals surface area contributed by atoms with Crippen molar-refractivity contribution in [3.8, 4) is 11.5 Å². The zero-order valence-corrected chi connectivity index (χ0v) is 13.0. The number of amides is 1. The number of methoxy groups -OCH3 is 1. The number of nitrogens with zero attached hydrogens (tertiary/aromatic N) is 1. The molecule has 2 rings (SSSR count). The standard InChI is InChI=1S/C12H8F2N2O5S2/c1-20-7-2-5(3-9-10(17)15-12(22)23-9)6(16(18)19)4-8(7)21-11(13)14/h2-4,11H,1H3,(H,15,17,22)/b9-3+. The van der Waals surface area contributed by atoms with Crippen LogP contribution in [-0.2, 0) is 4.79 Å². The second kappa shape index (κ2) is 6.87. The number of hydrogen-bond acceptors (Lipinski definition) is 7. The molecular formula is C12H8F2N2O5S2. The molecule has 1 saturated heterocycles. The summed E-state index contributed by atoms with van der Waals surface area (Å²) in [5, 5.41) is 13.5. The highest BCUT2D eigenvalue weighted by atomic mass is 32.2. The fourth-order valence-electron chi connectivity index (χ4n) is 1.75. The number of nitro benzene ring substituents is 1. The smallest absolute Gasteiger partial charge is 0.387 e. The van der Waals surface area contributed by atoms with E-state index in [-0.39, 0.29) is 20.5 Å². The SMILES string of the molecule is COc1cc(/C=C2/SC(=S)NC2=O)c([N+](=O)[O-])cc1OC(F)F. The van der Waals surface area contributed by atoms with E-state index >= 15 is 0 Å². The Labute approximate surface area is 137 Å². The number of alkyl halides is 2. The first-order valence-electron chi connectivity index (χ1n) is 5.88. The molecular weight excluding hydrogens is 354 g/mol. The first-order chi connectivity index (χ1) is 10.8. The van der Waals surface area contributed by atoms with Crippen molar-refractivity contribution in [3.05, 3.63) is 32.7 Å². The number of rotatable bonds is 5. The number of carbonyl (C=O) groups is 1. The number of thiocarbonyl (C=S) groups is 1. The van der Waals surface area contributed by atoms with E-state index in [9.17, 15) is 23.7 Å². The predicted octanol–water partition coefficient (Wildman–Crippen LogP) is 2.69. The van der Waals surface area contributed by atoms with E-state index in [4.69, 9.17) is 17.0 Å². The van der Waals surface area contributed by atoms with Crippen LogP contribution in [0, 0.1) is 10.1 Å². The minimum atomic E-state index is -3.17. The van der Waals surface area contributed by atoms with Crippen LogP contribution >= 0.6 is 24.0 Å². The van der Waals surface area contributed by atoms with Crippen molar-refractivity contribution in [2.24, 2.45) is 0 Å². The predicted molar refractivity (Wildman–Crippen MR) is 82.6 cm³/mol. The van der Waals surface area contributed by atoms with Crippen LogP contribution in [0.15, 0.2) is 17.0 Å². The van der Waals surface area contributed by atoms with E-state index in [1.807, 2.05) is 0 Å². The van der Waals surface area contributed by atoms with Gasteiger partial charge in [0.15, 0.2) is 11.5 Å². The van der Waals surface area contributed by atoms with Crippen LogP contribution in [0.1, 0.15) is 5.56 Å². The summed E-state index contributed by atoms with van der Waals surface area (Å²) in [5.41, 5.74) is -0.518. The summed E-state index contributed by atoms with van der Waals surface area (Å²) >= 11 is 5.75. The average molecular weight is 362 g/mol. The highest BCUT2D eigenvalue weighted by Crippen LogP contribution is 2.38. The molecule has 0 spiro atoms. The van der Waals surface area contributed by atoms with E-state index in [1.54, 1.807) is 0 Å². The van der Waals surface area contributed by atoms with Gasteiger partial charge in [0.25, 0.3) is 11.6 Å². The zero-order valence-electron chi connectivity index (χ0n) is 11.4. The zero-order chi connectivity index (χ0) is 17.1. The highest BCUT2D eigenvalue weighted by molar-refractivity contribution is 8.26. The Hall–Kier alpha value is -2.27. The van der Waals surface area contributed by atoms with Gasteiger partial charge in [0.1, 0.15) is 4.32 Å². The minimum absolute atomic E-state index is 0.00387. The van der Waals surface area contributed by atoms with Gasteiger partial charge in [-0.2, -0.15) is 8.78 Å². The molecule has 122 valence electrons. The summed E-state index contributed by atoms with van der Waals surface area (Å²) in [5.74, 6) is -1.11. The minimum Gasteiger partial charge on any atom is -0.493 e. The molecule has 1 N–H and O–H groups in total. The molecule has 0 radical (unpaired) electrons. The molecule has 23 heavy (non-hydrogen) atoms. The molecule has 1 aromatic carbocycles. The summed E-state index contributed by atoms with van der Waals surface area (Å²) in [7, 11) is 1.20. The third-order valence-corrected chi connectivity index (χ3v) is 3.82. The third-order valence-electron chi connectivity index (χ3n) is 2.65. The van der Waals surface area contributed by atoms with Gasteiger partial charge in [0.05, 0.1) is 28.6 Å². The third kappa shape index (κ3) is 3.93. The van der Waals surface area contributed by atoms with Crippen molar-refractivity contribution >= 4 is 46.0 Å². The lowest BCUT2D eigenvalue weighted by Crippen LogP contribution is -2.17. The van der Waals surface area contributed by atoms with Gasteiger partial charge < -0.3 is 14.8 Å². The lowest BCUT2D eigenvalue weighted by Gasteiger charge is -2.11. The van der Waals surface area contributed by atoms with E-state index in [2.05, 4.69) is 10.1 Å². The maximum atomic E-state index is 12.4.